The van der Waals surface area contributed by atoms with E-state index in [2.05, 4.69) is 17.2 Å². The third-order valence-electron chi connectivity index (χ3n) is 1.95. The van der Waals surface area contributed by atoms with Crippen LogP contribution in [0.5, 0.6) is 0 Å². The van der Waals surface area contributed by atoms with Crippen LogP contribution in [0.2, 0.25) is 0 Å². The van der Waals surface area contributed by atoms with E-state index in [-0.39, 0.29) is 24.8 Å². The number of aliphatic hydroxyl groups excluding tert-OH is 1. The lowest BCUT2D eigenvalue weighted by Gasteiger charge is -2.01. The Morgan fingerprint density at radius 1 is 1.47 bits per heavy atom. The molecule has 19 heavy (non-hydrogen) atoms. The Bertz CT molecular complexity index is 596. The van der Waals surface area contributed by atoms with Gasteiger partial charge in [0.05, 0.1) is 22.1 Å². The van der Waals surface area contributed by atoms with Gasteiger partial charge in [-0.1, -0.05) is 11.8 Å². The number of carbonyl (C=O) groups is 1. The Hall–Kier alpha value is -1.40. The van der Waals surface area contributed by atoms with E-state index >= 15 is 0 Å². The maximum atomic E-state index is 11.6. The van der Waals surface area contributed by atoms with Crippen molar-refractivity contribution >= 4 is 27.3 Å². The molecule has 6 nitrogen and oxygen atoms in total. The molecule has 1 rings (SSSR count). The number of sulfonamides is 1. The summed E-state index contributed by atoms with van der Waals surface area (Å²) in [5.41, 5.74) is 0. The molecule has 0 saturated heterocycles. The second-order valence-corrected chi connectivity index (χ2v) is 6.38. The molecule has 0 spiro atoms. The number of aliphatic hydroxyl groups is 1. The van der Waals surface area contributed by atoms with Gasteiger partial charge >= 0.3 is 0 Å². The van der Waals surface area contributed by atoms with Crippen molar-refractivity contribution in [2.75, 3.05) is 18.9 Å². The number of thiophene rings is 1. The Labute approximate surface area is 115 Å². The third kappa shape index (κ3) is 6.35. The molecule has 0 atom stereocenters. The van der Waals surface area contributed by atoms with Crippen LogP contribution in [0.15, 0.2) is 12.1 Å². The third-order valence-corrected chi connectivity index (χ3v) is 3.72. The van der Waals surface area contributed by atoms with Crippen molar-refractivity contribution in [1.29, 1.82) is 0 Å². The Kier molecular flexibility index (Phi) is 5.98. The highest BCUT2D eigenvalue weighted by Crippen LogP contribution is 2.15. The normalized spacial score (nSPS) is 10.6. The van der Waals surface area contributed by atoms with Crippen LogP contribution in [0, 0.1) is 11.8 Å². The van der Waals surface area contributed by atoms with E-state index in [0.29, 0.717) is 16.2 Å². The van der Waals surface area contributed by atoms with E-state index in [1.165, 1.54) is 11.3 Å². The van der Waals surface area contributed by atoms with Crippen molar-refractivity contribution in [3.8, 4) is 11.8 Å². The molecule has 1 aromatic heterocycles. The summed E-state index contributed by atoms with van der Waals surface area (Å²) in [6.45, 7) is -0.0274. The molecule has 0 bridgehead atoms. The van der Waals surface area contributed by atoms with Gasteiger partial charge in [0.15, 0.2) is 0 Å². The highest BCUT2D eigenvalue weighted by Gasteiger charge is 2.09. The minimum Gasteiger partial charge on any atom is -0.395 e. The highest BCUT2D eigenvalue weighted by molar-refractivity contribution is 7.89. The van der Waals surface area contributed by atoms with Gasteiger partial charge in [0.1, 0.15) is 0 Å². The van der Waals surface area contributed by atoms with Crippen LogP contribution in [-0.4, -0.2) is 38.3 Å². The Morgan fingerprint density at radius 2 is 2.21 bits per heavy atom. The number of rotatable bonds is 5. The molecule has 0 fully saturated rings. The van der Waals surface area contributed by atoms with Gasteiger partial charge in [-0.2, -0.15) is 0 Å². The lowest BCUT2D eigenvalue weighted by molar-refractivity contribution is 0.0960. The quantitative estimate of drug-likeness (QED) is 0.637. The topological polar surface area (TPSA) is 109 Å². The fourth-order valence-electron chi connectivity index (χ4n) is 1.13. The molecule has 1 aromatic rings. The van der Waals surface area contributed by atoms with E-state index in [1.807, 2.05) is 0 Å². The molecule has 0 unspecified atom stereocenters. The van der Waals surface area contributed by atoms with Gasteiger partial charge in [-0.3, -0.25) is 4.79 Å². The number of nitrogens with two attached hydrogens (primary N) is 1. The fraction of sp³-hybridized carbons (Fsp3) is 0.364. The summed E-state index contributed by atoms with van der Waals surface area (Å²) in [6, 6.07) is 3.31. The number of amides is 1. The lowest BCUT2D eigenvalue weighted by atomic mass is 10.4. The maximum absolute atomic E-state index is 11.6. The monoisotopic (exact) mass is 302 g/mol. The maximum Gasteiger partial charge on any atom is 0.261 e. The van der Waals surface area contributed by atoms with Crippen molar-refractivity contribution in [2.45, 2.75) is 6.42 Å². The molecule has 0 aliphatic carbocycles. The SMILES string of the molecule is NS(=O)(=O)CCNC(=O)c1ccc(C#CCCO)s1. The number of hydrogen-bond acceptors (Lipinski definition) is 5. The molecule has 0 radical (unpaired) electrons. The zero-order valence-corrected chi connectivity index (χ0v) is 11.7. The highest BCUT2D eigenvalue weighted by atomic mass is 32.2. The standard InChI is InChI=1S/C11H14N2O4S2/c12-19(16,17)8-6-13-11(15)10-5-4-9(18-10)3-1-2-7-14/h4-5,14H,2,6-8H2,(H,13,15)(H2,12,16,17). The van der Waals surface area contributed by atoms with Crippen LogP contribution in [0.4, 0.5) is 0 Å². The minimum atomic E-state index is -3.57. The molecular formula is C11H14N2O4S2. The van der Waals surface area contributed by atoms with Gasteiger partial charge in [-0.05, 0) is 12.1 Å². The van der Waals surface area contributed by atoms with E-state index in [1.54, 1.807) is 12.1 Å². The fourth-order valence-corrected chi connectivity index (χ4v) is 2.31. The first-order valence-electron chi connectivity index (χ1n) is 5.40. The van der Waals surface area contributed by atoms with Crippen molar-refractivity contribution in [1.82, 2.24) is 5.32 Å². The molecule has 1 heterocycles. The lowest BCUT2D eigenvalue weighted by Crippen LogP contribution is -2.31. The first-order chi connectivity index (χ1) is 8.92. The largest absolute Gasteiger partial charge is 0.395 e. The van der Waals surface area contributed by atoms with Crippen molar-refractivity contribution in [3.63, 3.8) is 0 Å². The molecule has 4 N–H and O–H groups in total. The summed E-state index contributed by atoms with van der Waals surface area (Å²) >= 11 is 1.20. The zero-order chi connectivity index (χ0) is 14.3. The van der Waals surface area contributed by atoms with Crippen LogP contribution in [0.1, 0.15) is 21.0 Å². The molecule has 0 aliphatic heterocycles. The zero-order valence-electron chi connectivity index (χ0n) is 10.0. The molecular weight excluding hydrogens is 288 g/mol. The molecule has 1 amide bonds. The Morgan fingerprint density at radius 3 is 2.84 bits per heavy atom. The summed E-state index contributed by atoms with van der Waals surface area (Å²) in [6.07, 6.45) is 0.383. The van der Waals surface area contributed by atoms with Crippen LogP contribution < -0.4 is 10.5 Å². The van der Waals surface area contributed by atoms with Crippen molar-refractivity contribution < 1.29 is 18.3 Å². The Balaban J connectivity index is 2.52. The summed E-state index contributed by atoms with van der Waals surface area (Å²) in [4.78, 5) is 12.8. The van der Waals surface area contributed by atoms with Crippen LogP contribution in [0.3, 0.4) is 0 Å². The first kappa shape index (κ1) is 15.7. The second kappa shape index (κ2) is 7.25. The average Bonchev–Trinajstić information content (AvgIpc) is 2.76. The van der Waals surface area contributed by atoms with Gasteiger partial charge in [-0.15, -0.1) is 11.3 Å². The van der Waals surface area contributed by atoms with Gasteiger partial charge in [0, 0.05) is 13.0 Å². The molecule has 8 heteroatoms. The van der Waals surface area contributed by atoms with E-state index in [4.69, 9.17) is 10.2 Å². The number of hydrogen-bond donors (Lipinski definition) is 3. The van der Waals surface area contributed by atoms with Crippen LogP contribution in [0.25, 0.3) is 0 Å². The predicted octanol–water partition coefficient (Wildman–Crippen LogP) is -0.500. The van der Waals surface area contributed by atoms with Gasteiger partial charge < -0.3 is 10.4 Å². The summed E-state index contributed by atoms with van der Waals surface area (Å²) in [5, 5.41) is 15.9. The van der Waals surface area contributed by atoms with Crippen molar-refractivity contribution in [3.05, 3.63) is 21.9 Å². The number of nitrogens with one attached hydrogen (secondary N) is 1. The smallest absolute Gasteiger partial charge is 0.261 e. The van der Waals surface area contributed by atoms with Gasteiger partial charge in [0.2, 0.25) is 10.0 Å². The van der Waals surface area contributed by atoms with Crippen LogP contribution >= 0.6 is 11.3 Å². The van der Waals surface area contributed by atoms with E-state index in [9.17, 15) is 13.2 Å². The van der Waals surface area contributed by atoms with Crippen molar-refractivity contribution in [2.24, 2.45) is 5.14 Å². The minimum absolute atomic E-state index is 0.000713. The molecule has 0 aromatic carbocycles. The number of primary sulfonamides is 1. The van der Waals surface area contributed by atoms with E-state index in [0.717, 1.165) is 0 Å². The second-order valence-electron chi connectivity index (χ2n) is 3.56. The van der Waals surface area contributed by atoms with Gasteiger partial charge in [0.25, 0.3) is 5.91 Å². The van der Waals surface area contributed by atoms with Crippen LogP contribution in [-0.2, 0) is 10.0 Å². The average molecular weight is 302 g/mol. The summed E-state index contributed by atoms with van der Waals surface area (Å²) in [5.74, 6) is 4.91. The summed E-state index contributed by atoms with van der Waals surface area (Å²) in [7, 11) is -3.57. The van der Waals surface area contributed by atoms with Gasteiger partial charge in [-0.25, -0.2) is 13.6 Å². The molecule has 0 saturated carbocycles. The number of carbonyl (C=O) groups excluding carboxylic acids is 1. The first-order valence-corrected chi connectivity index (χ1v) is 7.94. The summed E-state index contributed by atoms with van der Waals surface area (Å²) < 4.78 is 21.4. The molecule has 0 aliphatic rings. The molecule has 104 valence electrons. The predicted molar refractivity (Wildman–Crippen MR) is 73.2 cm³/mol. The van der Waals surface area contributed by atoms with E-state index < -0.39 is 10.0 Å².